The molecule has 0 N–H and O–H groups in total. The van der Waals surface area contributed by atoms with E-state index < -0.39 is 81.9 Å². The van der Waals surface area contributed by atoms with Gasteiger partial charge in [-0.05, 0) is 17.8 Å². The third-order valence-corrected chi connectivity index (χ3v) is 5.25. The molecule has 2 atom stereocenters. The summed E-state index contributed by atoms with van der Waals surface area (Å²) in [5.41, 5.74) is -2.95. The second-order valence-electron chi connectivity index (χ2n) is 7.15. The molecule has 1 aliphatic rings. The van der Waals surface area contributed by atoms with E-state index in [1.54, 1.807) is 0 Å². The topological polar surface area (TPSA) is 26.3 Å². The first-order chi connectivity index (χ1) is 13.2. The van der Waals surface area contributed by atoms with E-state index in [2.05, 4.69) is 6.58 Å². The second kappa shape index (κ2) is 8.01. The first kappa shape index (κ1) is 23.3. The van der Waals surface area contributed by atoms with E-state index >= 15 is 0 Å². The molecule has 1 saturated carbocycles. The van der Waals surface area contributed by atoms with Crippen LogP contribution in [-0.4, -0.2) is 12.1 Å². The van der Waals surface area contributed by atoms with Gasteiger partial charge in [-0.3, -0.25) is 4.79 Å². The highest BCUT2D eigenvalue weighted by molar-refractivity contribution is 6.30. The molecule has 0 bridgehead atoms. The van der Waals surface area contributed by atoms with Gasteiger partial charge < -0.3 is 4.74 Å². The Morgan fingerprint density at radius 3 is 2.03 bits per heavy atom. The summed E-state index contributed by atoms with van der Waals surface area (Å²) in [6.07, 6.45) is -3.54. The fourth-order valence-electron chi connectivity index (χ4n) is 3.10. The molecule has 0 amide bonds. The average Bonchev–Trinajstić information content (AvgIpc) is 3.16. The molecule has 29 heavy (non-hydrogen) atoms. The molecule has 2 rings (SSSR count). The third kappa shape index (κ3) is 4.44. The largest absolute Gasteiger partial charge is 0.460 e. The number of benzene rings is 1. The van der Waals surface area contributed by atoms with Crippen LogP contribution in [0, 0.1) is 40.5 Å². The van der Waals surface area contributed by atoms with Crippen LogP contribution >= 0.6 is 11.6 Å². The monoisotopic (exact) mass is 444 g/mol. The van der Waals surface area contributed by atoms with Gasteiger partial charge in [-0.1, -0.05) is 37.6 Å². The smallest absolute Gasteiger partial charge is 0.426 e. The molecule has 10 heteroatoms. The fraction of sp³-hybridized carbons (Fsp3) is 0.421. The third-order valence-electron chi connectivity index (χ3n) is 4.91. The maximum absolute atomic E-state index is 14.1. The van der Waals surface area contributed by atoms with E-state index in [1.165, 1.54) is 13.8 Å². The van der Waals surface area contributed by atoms with E-state index in [-0.39, 0.29) is 0 Å². The van der Waals surface area contributed by atoms with Gasteiger partial charge in [-0.2, -0.15) is 13.2 Å². The van der Waals surface area contributed by atoms with Crippen molar-refractivity contribution >= 4 is 17.6 Å². The summed E-state index contributed by atoms with van der Waals surface area (Å²) in [5.74, 6) is -9.79. The van der Waals surface area contributed by atoms with Gasteiger partial charge in [0.25, 0.3) is 0 Å². The van der Waals surface area contributed by atoms with Gasteiger partial charge in [0.05, 0.1) is 11.5 Å². The Kier molecular flexibility index (Phi) is 6.42. The Labute approximate surface area is 167 Å². The Balaban J connectivity index is 2.19. The quantitative estimate of drug-likeness (QED) is 0.234. The number of carbonyl (C=O) groups excluding carboxylic acids is 1. The van der Waals surface area contributed by atoms with Crippen molar-refractivity contribution < 1.29 is 40.3 Å². The van der Waals surface area contributed by atoms with Crippen LogP contribution in [0.15, 0.2) is 23.8 Å². The summed E-state index contributed by atoms with van der Waals surface area (Å²) in [4.78, 5) is 12.2. The van der Waals surface area contributed by atoms with E-state index in [0.29, 0.717) is 6.08 Å². The summed E-state index contributed by atoms with van der Waals surface area (Å²) in [7, 11) is 0. The Morgan fingerprint density at radius 1 is 1.10 bits per heavy atom. The van der Waals surface area contributed by atoms with Crippen LogP contribution in [0.2, 0.25) is 0 Å². The molecule has 0 aliphatic heterocycles. The second-order valence-corrected chi connectivity index (χ2v) is 7.56. The summed E-state index contributed by atoms with van der Waals surface area (Å²) >= 11 is 5.17. The van der Waals surface area contributed by atoms with Crippen LogP contribution in [0.4, 0.5) is 30.7 Å². The van der Waals surface area contributed by atoms with Crippen LogP contribution in [0.25, 0.3) is 0 Å². The molecular formula is C19H16ClF7O2. The van der Waals surface area contributed by atoms with Crippen LogP contribution < -0.4 is 0 Å². The van der Waals surface area contributed by atoms with E-state index in [1.807, 2.05) is 0 Å². The van der Waals surface area contributed by atoms with Crippen molar-refractivity contribution in [3.05, 3.63) is 58.2 Å². The number of halogens is 8. The lowest BCUT2D eigenvalue weighted by Crippen LogP contribution is -2.15. The summed E-state index contributed by atoms with van der Waals surface area (Å²) < 4.78 is 98.4. The highest BCUT2D eigenvalue weighted by atomic mass is 35.5. The lowest BCUT2D eigenvalue weighted by Gasteiger charge is -2.12. The fourth-order valence-corrected chi connectivity index (χ4v) is 3.23. The number of allylic oxidation sites excluding steroid dienone is 3. The summed E-state index contributed by atoms with van der Waals surface area (Å²) in [5, 5.41) is -1.41. The van der Waals surface area contributed by atoms with E-state index in [4.69, 9.17) is 16.3 Å². The summed E-state index contributed by atoms with van der Waals surface area (Å²) in [6.45, 7) is 5.05. The van der Waals surface area contributed by atoms with Gasteiger partial charge in [0.15, 0.2) is 23.3 Å². The molecule has 0 spiro atoms. The minimum absolute atomic E-state index is 0.462. The standard InChI is InChI=1S/C19H16ClF7O2/c1-4-5-8-13(21)15(23)9(16(24)14(8)22)7-29-17(28)12-10(18(12,2)3)6-11(20)19(25,26)27/h4,6,10,12H,1,5,7H2,2-3H3/t10-,12-/m1/s1. The number of hydrogen-bond donors (Lipinski definition) is 0. The lowest BCUT2D eigenvalue weighted by atomic mass is 10.1. The number of alkyl halides is 3. The predicted octanol–water partition coefficient (Wildman–Crippen LogP) is 5.97. The normalized spacial score (nSPS) is 21.1. The van der Waals surface area contributed by atoms with Crippen LogP contribution in [0.1, 0.15) is 25.0 Å². The molecule has 0 aromatic heterocycles. The molecule has 1 aromatic carbocycles. The zero-order valence-electron chi connectivity index (χ0n) is 15.3. The minimum Gasteiger partial charge on any atom is -0.460 e. The van der Waals surface area contributed by atoms with Crippen LogP contribution in [0.3, 0.4) is 0 Å². The van der Waals surface area contributed by atoms with Gasteiger partial charge in [0.1, 0.15) is 11.6 Å². The van der Waals surface area contributed by atoms with E-state index in [0.717, 1.165) is 6.08 Å². The van der Waals surface area contributed by atoms with Crippen LogP contribution in [0.5, 0.6) is 0 Å². The molecule has 2 nitrogen and oxygen atoms in total. The lowest BCUT2D eigenvalue weighted by molar-refractivity contribution is -0.147. The predicted molar refractivity (Wildman–Crippen MR) is 90.7 cm³/mol. The minimum atomic E-state index is -4.79. The molecule has 1 aliphatic carbocycles. The number of ether oxygens (including phenoxy) is 1. The van der Waals surface area contributed by atoms with Gasteiger partial charge in [0, 0.05) is 5.56 Å². The maximum atomic E-state index is 14.1. The number of rotatable bonds is 6. The van der Waals surface area contributed by atoms with Crippen molar-refractivity contribution in [2.24, 2.45) is 17.3 Å². The molecule has 0 heterocycles. The average molecular weight is 445 g/mol. The van der Waals surface area contributed by atoms with Crippen molar-refractivity contribution in [2.75, 3.05) is 0 Å². The maximum Gasteiger partial charge on any atom is 0.426 e. The van der Waals surface area contributed by atoms with E-state index in [9.17, 15) is 35.5 Å². The number of carbonyl (C=O) groups is 1. The highest BCUT2D eigenvalue weighted by Gasteiger charge is 2.62. The molecule has 0 unspecified atom stereocenters. The van der Waals surface area contributed by atoms with Crippen molar-refractivity contribution in [3.8, 4) is 0 Å². The summed E-state index contributed by atoms with van der Waals surface area (Å²) in [6, 6.07) is 0. The Morgan fingerprint density at radius 2 is 1.59 bits per heavy atom. The van der Waals surface area contributed by atoms with Crippen LogP contribution in [-0.2, 0) is 22.6 Å². The Hall–Kier alpha value is -2.03. The first-order valence-corrected chi connectivity index (χ1v) is 8.68. The van der Waals surface area contributed by atoms with Gasteiger partial charge in [-0.15, -0.1) is 6.58 Å². The van der Waals surface area contributed by atoms with Crippen molar-refractivity contribution in [3.63, 3.8) is 0 Å². The molecule has 1 aromatic rings. The first-order valence-electron chi connectivity index (χ1n) is 8.30. The molecular weight excluding hydrogens is 429 g/mol. The van der Waals surface area contributed by atoms with Crippen molar-refractivity contribution in [1.82, 2.24) is 0 Å². The SMILES string of the molecule is C=CCc1c(F)c(F)c(COC(=O)[C@H]2[C@@H](C=C(Cl)C(F)(F)F)C2(C)C)c(F)c1F. The number of esters is 1. The highest BCUT2D eigenvalue weighted by Crippen LogP contribution is 2.60. The molecule has 160 valence electrons. The van der Waals surface area contributed by atoms with Gasteiger partial charge in [0.2, 0.25) is 0 Å². The van der Waals surface area contributed by atoms with Crippen molar-refractivity contribution in [2.45, 2.75) is 33.1 Å². The molecule has 1 fully saturated rings. The molecule has 0 saturated heterocycles. The zero-order valence-corrected chi connectivity index (χ0v) is 16.0. The zero-order chi connectivity index (χ0) is 22.3. The Bertz CT molecular complexity index is 845. The van der Waals surface area contributed by atoms with Gasteiger partial charge >= 0.3 is 12.1 Å². The van der Waals surface area contributed by atoms with Gasteiger partial charge in [-0.25, -0.2) is 17.6 Å². The van der Waals surface area contributed by atoms with Crippen molar-refractivity contribution in [1.29, 1.82) is 0 Å². The number of hydrogen-bond acceptors (Lipinski definition) is 2. The molecule has 0 radical (unpaired) electrons.